The molecule has 1 amide bonds. The number of aryl methyl sites for hydroxylation is 1. The molecule has 0 aliphatic rings. The van der Waals surface area contributed by atoms with Gasteiger partial charge in [-0.1, -0.05) is 35.9 Å². The standard InChI is InChI=1S/C30H25F2N3O2/c1-18-4-2-5-20(10-18)25-6-3-9-33-30(25)28(13-19-11-22(31)15-23(32)12-19)35-29(37)14-21-17-34-27-8-7-24(36)16-26(21)27/h2-12,15-17,28,34,36H,13-14H2,1H3,(H,35,37). The molecule has 0 aliphatic heterocycles. The number of nitrogens with one attached hydrogen (secondary N) is 2. The van der Waals surface area contributed by atoms with Gasteiger partial charge in [0.05, 0.1) is 18.2 Å². The van der Waals surface area contributed by atoms with Crippen molar-refractivity contribution in [2.45, 2.75) is 25.8 Å². The summed E-state index contributed by atoms with van der Waals surface area (Å²) in [7, 11) is 0. The van der Waals surface area contributed by atoms with Gasteiger partial charge in [-0.25, -0.2) is 8.78 Å². The maximum absolute atomic E-state index is 14.0. The van der Waals surface area contributed by atoms with E-state index in [1.165, 1.54) is 12.1 Å². The first-order valence-corrected chi connectivity index (χ1v) is 11.9. The van der Waals surface area contributed by atoms with Gasteiger partial charge in [-0.2, -0.15) is 0 Å². The summed E-state index contributed by atoms with van der Waals surface area (Å²) in [6.45, 7) is 1.99. The summed E-state index contributed by atoms with van der Waals surface area (Å²) in [5, 5.41) is 13.7. The molecule has 3 aromatic carbocycles. The first-order valence-electron chi connectivity index (χ1n) is 11.9. The average Bonchev–Trinajstić information content (AvgIpc) is 3.24. The Morgan fingerprint density at radius 1 is 1.03 bits per heavy atom. The number of hydrogen-bond acceptors (Lipinski definition) is 3. The maximum atomic E-state index is 14.0. The van der Waals surface area contributed by atoms with E-state index < -0.39 is 17.7 Å². The zero-order valence-electron chi connectivity index (χ0n) is 20.1. The van der Waals surface area contributed by atoms with E-state index in [4.69, 9.17) is 0 Å². The van der Waals surface area contributed by atoms with Crippen LogP contribution in [0.4, 0.5) is 8.78 Å². The normalized spacial score (nSPS) is 12.0. The van der Waals surface area contributed by atoms with E-state index in [0.29, 0.717) is 11.3 Å². The van der Waals surface area contributed by atoms with Crippen molar-refractivity contribution < 1.29 is 18.7 Å². The molecule has 186 valence electrons. The lowest BCUT2D eigenvalue weighted by atomic mass is 9.94. The molecule has 7 heteroatoms. The van der Waals surface area contributed by atoms with Gasteiger partial charge in [0.15, 0.2) is 0 Å². The quantitative estimate of drug-likeness (QED) is 0.252. The molecule has 2 aromatic heterocycles. The fourth-order valence-electron chi connectivity index (χ4n) is 4.66. The summed E-state index contributed by atoms with van der Waals surface area (Å²) in [5.74, 6) is -1.54. The molecule has 0 saturated heterocycles. The van der Waals surface area contributed by atoms with Gasteiger partial charge in [0.25, 0.3) is 0 Å². The van der Waals surface area contributed by atoms with Gasteiger partial charge in [0, 0.05) is 34.9 Å². The van der Waals surface area contributed by atoms with E-state index in [1.807, 2.05) is 43.3 Å². The third kappa shape index (κ3) is 5.51. The molecule has 1 unspecified atom stereocenters. The van der Waals surface area contributed by atoms with Gasteiger partial charge < -0.3 is 15.4 Å². The van der Waals surface area contributed by atoms with Crippen LogP contribution in [0.3, 0.4) is 0 Å². The van der Waals surface area contributed by atoms with Crippen molar-refractivity contribution in [2.24, 2.45) is 0 Å². The summed E-state index contributed by atoms with van der Waals surface area (Å²) < 4.78 is 28.0. The van der Waals surface area contributed by atoms with E-state index in [-0.39, 0.29) is 24.5 Å². The lowest BCUT2D eigenvalue weighted by Crippen LogP contribution is -2.32. The lowest BCUT2D eigenvalue weighted by molar-refractivity contribution is -0.121. The maximum Gasteiger partial charge on any atom is 0.225 e. The molecule has 1 atom stereocenters. The number of benzene rings is 3. The molecule has 0 saturated carbocycles. The summed E-state index contributed by atoms with van der Waals surface area (Å²) >= 11 is 0. The first-order chi connectivity index (χ1) is 17.9. The number of carbonyl (C=O) groups is 1. The Balaban J connectivity index is 1.50. The van der Waals surface area contributed by atoms with Crippen molar-refractivity contribution >= 4 is 16.8 Å². The molecule has 3 N–H and O–H groups in total. The minimum Gasteiger partial charge on any atom is -0.508 e. The Morgan fingerprint density at radius 2 is 1.84 bits per heavy atom. The molecule has 2 heterocycles. The van der Waals surface area contributed by atoms with E-state index >= 15 is 0 Å². The molecule has 5 aromatic rings. The van der Waals surface area contributed by atoms with Crippen LogP contribution in [0.2, 0.25) is 0 Å². The minimum atomic E-state index is -0.682. The second-order valence-electron chi connectivity index (χ2n) is 9.13. The number of hydrogen-bond donors (Lipinski definition) is 3. The highest BCUT2D eigenvalue weighted by Gasteiger charge is 2.22. The molecule has 37 heavy (non-hydrogen) atoms. The number of aromatic hydroxyl groups is 1. The molecule has 0 spiro atoms. The second-order valence-corrected chi connectivity index (χ2v) is 9.13. The monoisotopic (exact) mass is 497 g/mol. The number of amides is 1. The van der Waals surface area contributed by atoms with Crippen LogP contribution >= 0.6 is 0 Å². The molecule has 0 aliphatic carbocycles. The summed E-state index contributed by atoms with van der Waals surface area (Å²) in [6.07, 6.45) is 3.57. The van der Waals surface area contributed by atoms with Gasteiger partial charge in [0.2, 0.25) is 5.91 Å². The number of phenols is 1. The number of nitrogens with zero attached hydrogens (tertiary/aromatic N) is 1. The average molecular weight is 498 g/mol. The molecule has 5 nitrogen and oxygen atoms in total. The number of H-pyrrole nitrogens is 1. The molecular formula is C30H25F2N3O2. The van der Waals surface area contributed by atoms with E-state index in [2.05, 4.69) is 15.3 Å². The first kappa shape index (κ1) is 24.2. The van der Waals surface area contributed by atoms with Crippen LogP contribution in [0.1, 0.15) is 28.4 Å². The van der Waals surface area contributed by atoms with Gasteiger partial charge in [-0.05, 0) is 66.4 Å². The fraction of sp³-hybridized carbons (Fsp3) is 0.133. The van der Waals surface area contributed by atoms with Crippen LogP contribution in [0.5, 0.6) is 5.75 Å². The van der Waals surface area contributed by atoms with Crippen molar-refractivity contribution in [3.63, 3.8) is 0 Å². The van der Waals surface area contributed by atoms with Crippen LogP contribution in [0.25, 0.3) is 22.0 Å². The largest absolute Gasteiger partial charge is 0.508 e. The number of fused-ring (bicyclic) bond motifs is 1. The predicted molar refractivity (Wildman–Crippen MR) is 139 cm³/mol. The van der Waals surface area contributed by atoms with Gasteiger partial charge in [-0.3, -0.25) is 9.78 Å². The summed E-state index contributed by atoms with van der Waals surface area (Å²) in [4.78, 5) is 21.0. The SMILES string of the molecule is Cc1cccc(-c2cccnc2C(Cc2cc(F)cc(F)c2)NC(=O)Cc2c[nH]c3ccc(O)cc23)c1. The molecule has 0 bridgehead atoms. The summed E-state index contributed by atoms with van der Waals surface area (Å²) in [5.41, 5.74) is 5.36. The number of carbonyl (C=O) groups excluding carboxylic acids is 1. The highest BCUT2D eigenvalue weighted by Crippen LogP contribution is 2.30. The van der Waals surface area contributed by atoms with Gasteiger partial charge in [-0.15, -0.1) is 0 Å². The van der Waals surface area contributed by atoms with Crippen molar-refractivity contribution in [3.05, 3.63) is 119 Å². The Kier molecular flexibility index (Phi) is 6.68. The van der Waals surface area contributed by atoms with Crippen LogP contribution in [-0.4, -0.2) is 21.0 Å². The van der Waals surface area contributed by atoms with Crippen LogP contribution in [0.15, 0.2) is 85.2 Å². The topological polar surface area (TPSA) is 78.0 Å². The third-order valence-corrected chi connectivity index (χ3v) is 6.30. The van der Waals surface area contributed by atoms with Crippen LogP contribution < -0.4 is 5.32 Å². The number of pyridine rings is 1. The molecule has 0 fully saturated rings. The number of phenolic OH excluding ortho intramolecular Hbond substituents is 1. The fourth-order valence-corrected chi connectivity index (χ4v) is 4.66. The number of halogens is 2. The number of aromatic nitrogens is 2. The summed E-state index contributed by atoms with van der Waals surface area (Å²) in [6, 6.07) is 19.3. The van der Waals surface area contributed by atoms with E-state index in [1.54, 1.807) is 30.6 Å². The highest BCUT2D eigenvalue weighted by molar-refractivity contribution is 5.90. The van der Waals surface area contributed by atoms with Crippen molar-refractivity contribution in [1.29, 1.82) is 0 Å². The smallest absolute Gasteiger partial charge is 0.225 e. The number of aromatic amines is 1. The van der Waals surface area contributed by atoms with Crippen molar-refractivity contribution in [2.75, 3.05) is 0 Å². The second kappa shape index (κ2) is 10.2. The Bertz CT molecular complexity index is 1580. The Hall–Kier alpha value is -4.52. The Labute approximate surface area is 212 Å². The van der Waals surface area contributed by atoms with Gasteiger partial charge >= 0.3 is 0 Å². The zero-order chi connectivity index (χ0) is 25.9. The van der Waals surface area contributed by atoms with E-state index in [9.17, 15) is 18.7 Å². The number of rotatable bonds is 7. The molecule has 0 radical (unpaired) electrons. The van der Waals surface area contributed by atoms with Crippen LogP contribution in [-0.2, 0) is 17.6 Å². The highest BCUT2D eigenvalue weighted by atomic mass is 19.1. The predicted octanol–water partition coefficient (Wildman–Crippen LogP) is 6.16. The molecular weight excluding hydrogens is 472 g/mol. The van der Waals surface area contributed by atoms with Crippen molar-refractivity contribution in [1.82, 2.24) is 15.3 Å². The third-order valence-electron chi connectivity index (χ3n) is 6.30. The van der Waals surface area contributed by atoms with Crippen molar-refractivity contribution in [3.8, 4) is 16.9 Å². The Morgan fingerprint density at radius 3 is 2.62 bits per heavy atom. The van der Waals surface area contributed by atoms with Gasteiger partial charge in [0.1, 0.15) is 17.4 Å². The van der Waals surface area contributed by atoms with Crippen LogP contribution in [0, 0.1) is 18.6 Å². The minimum absolute atomic E-state index is 0.0457. The lowest BCUT2D eigenvalue weighted by Gasteiger charge is -2.22. The van der Waals surface area contributed by atoms with E-state index in [0.717, 1.165) is 39.2 Å². The zero-order valence-corrected chi connectivity index (χ0v) is 20.1. The molecule has 5 rings (SSSR count).